The van der Waals surface area contributed by atoms with Crippen LogP contribution in [0.2, 0.25) is 0 Å². The van der Waals surface area contributed by atoms with Crippen LogP contribution in [0.15, 0.2) is 0 Å². The molecule has 0 aromatic heterocycles. The predicted molar refractivity (Wildman–Crippen MR) is 75.1 cm³/mol. The number of nitrogens with zero attached hydrogens (tertiary/aromatic N) is 1. The lowest BCUT2D eigenvalue weighted by atomic mass is 9.97. The number of piperidine rings is 1. The second kappa shape index (κ2) is 6.32. The van der Waals surface area contributed by atoms with Crippen molar-refractivity contribution in [3.63, 3.8) is 0 Å². The summed E-state index contributed by atoms with van der Waals surface area (Å²) in [5.41, 5.74) is -0.432. The first-order chi connectivity index (χ1) is 8.18. The Morgan fingerprint density at radius 3 is 2.33 bits per heavy atom. The maximum Gasteiger partial charge on any atom is 0.209 e. The van der Waals surface area contributed by atoms with E-state index in [2.05, 4.69) is 22.0 Å². The lowest BCUT2D eigenvalue weighted by Crippen LogP contribution is -2.50. The van der Waals surface area contributed by atoms with E-state index in [0.717, 1.165) is 25.6 Å². The summed E-state index contributed by atoms with van der Waals surface area (Å²) in [6.07, 6.45) is 3.65. The molecule has 1 rings (SSSR count). The van der Waals surface area contributed by atoms with E-state index in [0.29, 0.717) is 6.54 Å². The number of likely N-dealkylation sites (tertiary alicyclic amines) is 1. The minimum absolute atomic E-state index is 0.432. The van der Waals surface area contributed by atoms with Crippen LogP contribution in [-0.2, 0) is 10.0 Å². The largest absolute Gasteiger partial charge is 0.315 e. The fourth-order valence-corrected chi connectivity index (χ4v) is 3.47. The molecule has 6 heteroatoms. The van der Waals surface area contributed by atoms with E-state index in [1.807, 2.05) is 13.8 Å². The molecule has 5 nitrogen and oxygen atoms in total. The third-order valence-electron chi connectivity index (χ3n) is 3.30. The van der Waals surface area contributed by atoms with Gasteiger partial charge in [-0.05, 0) is 59.3 Å². The third kappa shape index (κ3) is 6.68. The van der Waals surface area contributed by atoms with E-state index in [9.17, 15) is 8.42 Å². The highest BCUT2D eigenvalue weighted by molar-refractivity contribution is 7.88. The van der Waals surface area contributed by atoms with Crippen molar-refractivity contribution in [1.29, 1.82) is 0 Å². The molecule has 1 saturated heterocycles. The number of sulfonamides is 1. The standard InChI is InChI=1S/C12H27N3O2S/c1-12(2,14-18(4,16)17)10-13-9-11-5-7-15(3)8-6-11/h11,13-14H,5-10H2,1-4H3. The number of rotatable bonds is 6. The van der Waals surface area contributed by atoms with Gasteiger partial charge in [0.1, 0.15) is 0 Å². The Morgan fingerprint density at radius 2 is 1.83 bits per heavy atom. The monoisotopic (exact) mass is 277 g/mol. The Balaban J connectivity index is 2.24. The number of nitrogens with one attached hydrogen (secondary N) is 2. The summed E-state index contributed by atoms with van der Waals surface area (Å²) < 4.78 is 25.0. The van der Waals surface area contributed by atoms with E-state index in [1.54, 1.807) is 0 Å². The molecule has 0 amide bonds. The maximum atomic E-state index is 11.2. The second-order valence-corrected chi connectivity index (χ2v) is 7.88. The van der Waals surface area contributed by atoms with Crippen molar-refractivity contribution in [2.45, 2.75) is 32.2 Å². The molecule has 0 unspecified atom stereocenters. The molecule has 108 valence electrons. The van der Waals surface area contributed by atoms with E-state index in [4.69, 9.17) is 0 Å². The predicted octanol–water partition coefficient (Wildman–Crippen LogP) is 0.246. The molecule has 1 fully saturated rings. The van der Waals surface area contributed by atoms with Crippen molar-refractivity contribution >= 4 is 10.0 Å². The van der Waals surface area contributed by atoms with Crippen molar-refractivity contribution in [3.05, 3.63) is 0 Å². The van der Waals surface area contributed by atoms with Crippen LogP contribution in [0, 0.1) is 5.92 Å². The van der Waals surface area contributed by atoms with Crippen LogP contribution in [0.1, 0.15) is 26.7 Å². The van der Waals surface area contributed by atoms with Crippen molar-refractivity contribution in [3.8, 4) is 0 Å². The van der Waals surface area contributed by atoms with E-state index in [-0.39, 0.29) is 0 Å². The fraction of sp³-hybridized carbons (Fsp3) is 1.00. The molecule has 0 atom stereocenters. The van der Waals surface area contributed by atoms with Crippen LogP contribution >= 0.6 is 0 Å². The highest BCUT2D eigenvalue weighted by Crippen LogP contribution is 2.15. The molecular weight excluding hydrogens is 250 g/mol. The molecule has 0 saturated carbocycles. The normalized spacial score (nSPS) is 20.2. The first-order valence-corrected chi connectivity index (χ1v) is 8.45. The fourth-order valence-electron chi connectivity index (χ4n) is 2.39. The summed E-state index contributed by atoms with van der Waals surface area (Å²) in [5, 5.41) is 3.39. The van der Waals surface area contributed by atoms with Gasteiger partial charge in [-0.25, -0.2) is 13.1 Å². The van der Waals surface area contributed by atoms with Gasteiger partial charge in [0.2, 0.25) is 10.0 Å². The lowest BCUT2D eigenvalue weighted by molar-refractivity contribution is 0.213. The Bertz CT molecular complexity index is 346. The van der Waals surface area contributed by atoms with Gasteiger partial charge in [-0.2, -0.15) is 0 Å². The van der Waals surface area contributed by atoms with Crippen LogP contribution in [0.5, 0.6) is 0 Å². The summed E-state index contributed by atoms with van der Waals surface area (Å²) in [6, 6.07) is 0. The van der Waals surface area contributed by atoms with Gasteiger partial charge in [0.25, 0.3) is 0 Å². The highest BCUT2D eigenvalue weighted by atomic mass is 32.2. The zero-order chi connectivity index (χ0) is 13.8. The Hall–Kier alpha value is -0.170. The molecular formula is C12H27N3O2S. The summed E-state index contributed by atoms with van der Waals surface area (Å²) in [4.78, 5) is 2.35. The molecule has 18 heavy (non-hydrogen) atoms. The van der Waals surface area contributed by atoms with Crippen LogP contribution in [-0.4, -0.2) is 58.3 Å². The highest BCUT2D eigenvalue weighted by Gasteiger charge is 2.22. The van der Waals surface area contributed by atoms with Crippen LogP contribution < -0.4 is 10.0 Å². The summed E-state index contributed by atoms with van der Waals surface area (Å²) in [7, 11) is -0.985. The van der Waals surface area contributed by atoms with Gasteiger partial charge in [0.15, 0.2) is 0 Å². The average Bonchev–Trinajstić information content (AvgIpc) is 2.17. The van der Waals surface area contributed by atoms with Gasteiger partial charge >= 0.3 is 0 Å². The Labute approximate surface area is 111 Å². The molecule has 1 aliphatic rings. The van der Waals surface area contributed by atoms with Gasteiger partial charge in [0, 0.05) is 12.1 Å². The zero-order valence-corrected chi connectivity index (χ0v) is 12.8. The molecule has 0 aromatic rings. The van der Waals surface area contributed by atoms with Gasteiger partial charge in [-0.1, -0.05) is 0 Å². The zero-order valence-electron chi connectivity index (χ0n) is 12.0. The van der Waals surface area contributed by atoms with Crippen molar-refractivity contribution in [1.82, 2.24) is 14.9 Å². The minimum atomic E-state index is -3.14. The van der Waals surface area contributed by atoms with Gasteiger partial charge in [-0.15, -0.1) is 0 Å². The van der Waals surface area contributed by atoms with E-state index in [1.165, 1.54) is 19.1 Å². The first-order valence-electron chi connectivity index (χ1n) is 6.56. The summed E-state index contributed by atoms with van der Waals surface area (Å²) in [5.74, 6) is 0.718. The quantitative estimate of drug-likeness (QED) is 0.730. The smallest absolute Gasteiger partial charge is 0.209 e. The Kier molecular flexibility index (Phi) is 5.58. The molecule has 1 aliphatic heterocycles. The van der Waals surface area contributed by atoms with Crippen molar-refractivity contribution < 1.29 is 8.42 Å². The van der Waals surface area contributed by atoms with E-state index >= 15 is 0 Å². The van der Waals surface area contributed by atoms with Crippen molar-refractivity contribution in [2.75, 3.05) is 39.5 Å². The van der Waals surface area contributed by atoms with Gasteiger partial charge in [-0.3, -0.25) is 0 Å². The summed E-state index contributed by atoms with van der Waals surface area (Å²) >= 11 is 0. The van der Waals surface area contributed by atoms with Crippen LogP contribution in [0.3, 0.4) is 0 Å². The summed E-state index contributed by atoms with van der Waals surface area (Å²) in [6.45, 7) is 7.76. The molecule has 2 N–H and O–H groups in total. The Morgan fingerprint density at radius 1 is 1.28 bits per heavy atom. The second-order valence-electron chi connectivity index (χ2n) is 6.14. The molecule has 0 spiro atoms. The van der Waals surface area contributed by atoms with Gasteiger partial charge in [0.05, 0.1) is 6.26 Å². The topological polar surface area (TPSA) is 61.4 Å². The molecule has 0 aromatic carbocycles. The maximum absolute atomic E-state index is 11.2. The molecule has 0 bridgehead atoms. The van der Waals surface area contributed by atoms with Gasteiger partial charge < -0.3 is 10.2 Å². The number of hydrogen-bond acceptors (Lipinski definition) is 4. The first kappa shape index (κ1) is 15.9. The lowest BCUT2D eigenvalue weighted by Gasteiger charge is -2.31. The van der Waals surface area contributed by atoms with Crippen LogP contribution in [0.4, 0.5) is 0 Å². The third-order valence-corrected chi connectivity index (χ3v) is 4.22. The SMILES string of the molecule is CN1CCC(CNCC(C)(C)NS(C)(=O)=O)CC1. The molecule has 0 radical (unpaired) electrons. The average molecular weight is 277 g/mol. The van der Waals surface area contributed by atoms with Crippen LogP contribution in [0.25, 0.3) is 0 Å². The number of hydrogen-bond donors (Lipinski definition) is 2. The van der Waals surface area contributed by atoms with Crippen molar-refractivity contribution in [2.24, 2.45) is 5.92 Å². The molecule has 0 aliphatic carbocycles. The van der Waals surface area contributed by atoms with E-state index < -0.39 is 15.6 Å². The molecule has 1 heterocycles. The minimum Gasteiger partial charge on any atom is -0.315 e.